The lowest BCUT2D eigenvalue weighted by Gasteiger charge is -2.36. The molecule has 6 rings (SSSR count). The topological polar surface area (TPSA) is 103 Å². The molecule has 0 aromatic carbocycles. The lowest BCUT2D eigenvalue weighted by atomic mass is 9.64. The number of likely N-dealkylation sites (tertiary alicyclic amines) is 1. The third-order valence-electron chi connectivity index (χ3n) is 7.96. The zero-order valence-electron chi connectivity index (χ0n) is 20.7. The minimum Gasteiger partial charge on any atom is -0.473 e. The van der Waals surface area contributed by atoms with Crippen LogP contribution in [0, 0.1) is 0 Å². The van der Waals surface area contributed by atoms with E-state index in [-0.39, 0.29) is 11.9 Å². The van der Waals surface area contributed by atoms with Gasteiger partial charge in [-0.1, -0.05) is 22.9 Å². The average molecular weight is 510 g/mol. The van der Waals surface area contributed by atoms with Gasteiger partial charge in [0.05, 0.1) is 11.5 Å². The molecule has 0 bridgehead atoms. The molecule has 1 spiro atoms. The van der Waals surface area contributed by atoms with Gasteiger partial charge in [-0.3, -0.25) is 9.69 Å². The molecule has 2 aliphatic carbocycles. The molecule has 1 saturated carbocycles. The van der Waals surface area contributed by atoms with Gasteiger partial charge in [-0.25, -0.2) is 4.98 Å². The lowest BCUT2D eigenvalue weighted by molar-refractivity contribution is -0.128. The van der Waals surface area contributed by atoms with Gasteiger partial charge in [0, 0.05) is 29.6 Å². The summed E-state index contributed by atoms with van der Waals surface area (Å²) in [7, 11) is 2.13. The summed E-state index contributed by atoms with van der Waals surface area (Å²) in [4.78, 5) is 29.0. The Bertz CT molecular complexity index is 1250. The first kappa shape index (κ1) is 23.5. The normalized spacial score (nSPS) is 25.2. The SMILES string of the molecule is C[C@H](Oc1cc(Oc2nccs2)nc(-c2noc3c2CCC[C@@]32CCCCC2=O)n1)[C@@H]1CCCN1C. The lowest BCUT2D eigenvalue weighted by Crippen LogP contribution is -2.41. The van der Waals surface area contributed by atoms with Crippen molar-refractivity contribution < 1.29 is 18.8 Å². The Hall–Kier alpha value is -2.85. The van der Waals surface area contributed by atoms with Crippen LogP contribution < -0.4 is 9.47 Å². The van der Waals surface area contributed by atoms with Gasteiger partial charge in [-0.15, -0.1) is 0 Å². The number of aromatic nitrogens is 4. The number of nitrogens with zero attached hydrogens (tertiary/aromatic N) is 5. The van der Waals surface area contributed by atoms with Crippen molar-refractivity contribution >= 4 is 17.1 Å². The second kappa shape index (κ2) is 9.55. The minimum absolute atomic E-state index is 0.0534. The molecular formula is C26H31N5O4S. The van der Waals surface area contributed by atoms with Gasteiger partial charge in [0.25, 0.3) is 5.19 Å². The Labute approximate surface area is 214 Å². The summed E-state index contributed by atoms with van der Waals surface area (Å²) in [5.74, 6) is 2.14. The number of hydrogen-bond donors (Lipinski definition) is 0. The molecule has 3 atom stereocenters. The molecule has 3 aromatic heterocycles. The summed E-state index contributed by atoms with van der Waals surface area (Å²) in [6.45, 7) is 3.14. The molecule has 0 radical (unpaired) electrons. The molecule has 190 valence electrons. The van der Waals surface area contributed by atoms with Crippen molar-refractivity contribution in [1.82, 2.24) is 25.0 Å². The number of carbonyl (C=O) groups excluding carboxylic acids is 1. The second-order valence-electron chi connectivity index (χ2n) is 10.2. The highest BCUT2D eigenvalue weighted by Gasteiger charge is 2.48. The predicted octanol–water partition coefficient (Wildman–Crippen LogP) is 4.96. The molecule has 0 N–H and O–H groups in total. The van der Waals surface area contributed by atoms with Crippen LogP contribution in [0.4, 0.5) is 0 Å². The first-order valence-electron chi connectivity index (χ1n) is 12.9. The molecule has 0 amide bonds. The van der Waals surface area contributed by atoms with Gasteiger partial charge < -0.3 is 14.0 Å². The van der Waals surface area contributed by atoms with E-state index >= 15 is 0 Å². The summed E-state index contributed by atoms with van der Waals surface area (Å²) < 4.78 is 18.2. The van der Waals surface area contributed by atoms with Crippen molar-refractivity contribution in [1.29, 1.82) is 0 Å². The Morgan fingerprint density at radius 2 is 2.03 bits per heavy atom. The van der Waals surface area contributed by atoms with E-state index in [0.717, 1.165) is 63.5 Å². The van der Waals surface area contributed by atoms with Crippen LogP contribution in [-0.2, 0) is 16.6 Å². The number of ketones is 1. The summed E-state index contributed by atoms with van der Waals surface area (Å²) in [6, 6.07) is 2.03. The smallest absolute Gasteiger partial charge is 0.279 e. The average Bonchev–Trinajstić information content (AvgIpc) is 3.62. The van der Waals surface area contributed by atoms with Crippen LogP contribution in [0.3, 0.4) is 0 Å². The number of thiazole rings is 1. The van der Waals surface area contributed by atoms with E-state index < -0.39 is 5.41 Å². The highest BCUT2D eigenvalue weighted by Crippen LogP contribution is 2.47. The van der Waals surface area contributed by atoms with E-state index in [1.807, 2.05) is 5.38 Å². The maximum Gasteiger partial charge on any atom is 0.279 e. The first-order chi connectivity index (χ1) is 17.5. The zero-order chi connectivity index (χ0) is 24.7. The van der Waals surface area contributed by atoms with Crippen LogP contribution in [-0.4, -0.2) is 56.5 Å². The Morgan fingerprint density at radius 3 is 2.81 bits per heavy atom. The predicted molar refractivity (Wildman–Crippen MR) is 134 cm³/mol. The van der Waals surface area contributed by atoms with Crippen LogP contribution in [0.15, 0.2) is 22.2 Å². The number of hydrogen-bond acceptors (Lipinski definition) is 10. The number of likely N-dealkylation sites (N-methyl/N-ethyl adjacent to an activating group) is 1. The number of carbonyl (C=O) groups is 1. The fourth-order valence-corrected chi connectivity index (χ4v) is 6.63. The Balaban J connectivity index is 1.37. The number of rotatable bonds is 6. The van der Waals surface area contributed by atoms with Crippen LogP contribution >= 0.6 is 11.3 Å². The standard InChI is InChI=1S/C26H31N5O4S/c1-16(18-8-6-13-31(18)2)33-20-15-21(34-25-27-12-14-36-25)29-24(28-20)22-17-7-5-11-26(23(17)35-30-22)10-4-3-9-19(26)32/h12,14-16,18H,3-11,13H2,1-2H3/t16-,18-,26+/m0/s1. The number of ether oxygens (including phenoxy) is 2. The Morgan fingerprint density at radius 1 is 1.17 bits per heavy atom. The van der Waals surface area contributed by atoms with Gasteiger partial charge in [-0.05, 0) is 65.5 Å². The fraction of sp³-hybridized carbons (Fsp3) is 0.577. The molecule has 4 heterocycles. The van der Waals surface area contributed by atoms with Gasteiger partial charge in [0.1, 0.15) is 11.9 Å². The van der Waals surface area contributed by atoms with Gasteiger partial charge in [0.2, 0.25) is 11.8 Å². The number of Topliss-reactive ketones (excluding diaryl/α,β-unsaturated/α-hetero) is 1. The van der Waals surface area contributed by atoms with Crippen LogP contribution in [0.2, 0.25) is 0 Å². The summed E-state index contributed by atoms with van der Waals surface area (Å²) in [6.07, 6.45) is 9.80. The second-order valence-corrected chi connectivity index (χ2v) is 11.0. The Kier molecular flexibility index (Phi) is 6.25. The molecule has 10 heteroatoms. The van der Waals surface area contributed by atoms with E-state index in [4.69, 9.17) is 19.0 Å². The van der Waals surface area contributed by atoms with E-state index in [2.05, 4.69) is 34.0 Å². The quantitative estimate of drug-likeness (QED) is 0.456. The van der Waals surface area contributed by atoms with Crippen molar-refractivity contribution in [2.45, 2.75) is 82.3 Å². The van der Waals surface area contributed by atoms with Crippen molar-refractivity contribution in [3.63, 3.8) is 0 Å². The van der Waals surface area contributed by atoms with Crippen LogP contribution in [0.1, 0.15) is 69.6 Å². The maximum absolute atomic E-state index is 13.1. The highest BCUT2D eigenvalue weighted by atomic mass is 32.1. The third-order valence-corrected chi connectivity index (χ3v) is 8.61. The van der Waals surface area contributed by atoms with Gasteiger partial charge in [-0.2, -0.15) is 9.97 Å². The molecule has 1 saturated heterocycles. The molecular weight excluding hydrogens is 478 g/mol. The monoisotopic (exact) mass is 509 g/mol. The van der Waals surface area contributed by atoms with E-state index in [1.165, 1.54) is 11.3 Å². The first-order valence-corrected chi connectivity index (χ1v) is 13.8. The van der Waals surface area contributed by atoms with Gasteiger partial charge in [0.15, 0.2) is 17.3 Å². The minimum atomic E-state index is -0.549. The molecule has 0 unspecified atom stereocenters. The molecule has 3 aliphatic rings. The van der Waals surface area contributed by atoms with Crippen molar-refractivity contribution in [3.8, 4) is 28.5 Å². The molecule has 36 heavy (non-hydrogen) atoms. The van der Waals surface area contributed by atoms with Crippen molar-refractivity contribution in [2.75, 3.05) is 13.6 Å². The molecule has 1 aliphatic heterocycles. The molecule has 9 nitrogen and oxygen atoms in total. The fourth-order valence-electron chi connectivity index (χ4n) is 6.14. The van der Waals surface area contributed by atoms with Crippen LogP contribution in [0.5, 0.6) is 17.0 Å². The third kappa shape index (κ3) is 4.20. The maximum atomic E-state index is 13.1. The summed E-state index contributed by atoms with van der Waals surface area (Å²) >= 11 is 1.39. The molecule has 3 aromatic rings. The van der Waals surface area contributed by atoms with Crippen LogP contribution in [0.25, 0.3) is 11.5 Å². The summed E-state index contributed by atoms with van der Waals surface area (Å²) in [5, 5.41) is 6.75. The zero-order valence-corrected chi connectivity index (χ0v) is 21.6. The van der Waals surface area contributed by atoms with Gasteiger partial charge >= 0.3 is 0 Å². The van der Waals surface area contributed by atoms with E-state index in [9.17, 15) is 4.79 Å². The van der Waals surface area contributed by atoms with E-state index in [0.29, 0.717) is 46.7 Å². The van der Waals surface area contributed by atoms with E-state index in [1.54, 1.807) is 12.3 Å². The van der Waals surface area contributed by atoms with Crippen molar-refractivity contribution in [3.05, 3.63) is 29.0 Å². The summed E-state index contributed by atoms with van der Waals surface area (Å²) in [5.41, 5.74) is 0.965. The largest absolute Gasteiger partial charge is 0.473 e. The van der Waals surface area contributed by atoms with Crippen molar-refractivity contribution in [2.24, 2.45) is 0 Å². The molecule has 2 fully saturated rings. The number of fused-ring (bicyclic) bond motifs is 2. The highest BCUT2D eigenvalue weighted by molar-refractivity contribution is 7.11.